The molecule has 2 rings (SSSR count). The van der Waals surface area contributed by atoms with Gasteiger partial charge in [-0.15, -0.1) is 11.3 Å². The molecule has 1 aromatic rings. The average molecular weight is 223 g/mol. The number of likely N-dealkylation sites (N-methyl/N-ethyl adjacent to an activating group) is 1. The average Bonchev–Trinajstić information content (AvgIpc) is 2.90. The highest BCUT2D eigenvalue weighted by molar-refractivity contribution is 7.09. The summed E-state index contributed by atoms with van der Waals surface area (Å²) in [5.74, 6) is 0. The van der Waals surface area contributed by atoms with Crippen molar-refractivity contribution in [3.63, 3.8) is 0 Å². The Morgan fingerprint density at radius 2 is 2.20 bits per heavy atom. The highest BCUT2D eigenvalue weighted by Gasteiger charge is 2.20. The third kappa shape index (κ3) is 3.05. The second kappa shape index (κ2) is 5.66. The molecule has 0 aromatic carbocycles. The lowest BCUT2D eigenvalue weighted by molar-refractivity contribution is 0.212. The first kappa shape index (κ1) is 11.2. The van der Waals surface area contributed by atoms with Gasteiger partial charge in [-0.2, -0.15) is 0 Å². The maximum absolute atomic E-state index is 2.67. The van der Waals surface area contributed by atoms with Gasteiger partial charge in [-0.1, -0.05) is 25.8 Å². The first-order valence-corrected chi connectivity index (χ1v) is 7.04. The minimum absolute atomic E-state index is 0.884. The Hall–Kier alpha value is -0.340. The van der Waals surface area contributed by atoms with Crippen LogP contribution in [0, 0.1) is 0 Å². The van der Waals surface area contributed by atoms with Crippen molar-refractivity contribution < 1.29 is 0 Å². The van der Waals surface area contributed by atoms with E-state index in [1.807, 2.05) is 11.3 Å². The minimum Gasteiger partial charge on any atom is -0.300 e. The van der Waals surface area contributed by atoms with E-state index in [0.29, 0.717) is 0 Å². The Morgan fingerprint density at radius 1 is 1.40 bits per heavy atom. The number of hydrogen-bond acceptors (Lipinski definition) is 2. The molecular weight excluding hydrogens is 202 g/mol. The topological polar surface area (TPSA) is 3.24 Å². The lowest BCUT2D eigenvalue weighted by Gasteiger charge is -2.27. The largest absolute Gasteiger partial charge is 0.300 e. The van der Waals surface area contributed by atoms with Gasteiger partial charge in [0.1, 0.15) is 0 Å². The predicted octanol–water partition coefficient (Wildman–Crippen LogP) is 3.56. The van der Waals surface area contributed by atoms with E-state index < -0.39 is 0 Å². The summed E-state index contributed by atoms with van der Waals surface area (Å²) < 4.78 is 0. The summed E-state index contributed by atoms with van der Waals surface area (Å²) in [6, 6.07) is 5.30. The van der Waals surface area contributed by atoms with Crippen molar-refractivity contribution in [1.29, 1.82) is 0 Å². The van der Waals surface area contributed by atoms with Gasteiger partial charge < -0.3 is 4.90 Å². The maximum atomic E-state index is 2.67. The zero-order chi connectivity index (χ0) is 10.5. The molecule has 1 aliphatic rings. The zero-order valence-corrected chi connectivity index (χ0v) is 10.4. The van der Waals surface area contributed by atoms with Crippen LogP contribution in [0.3, 0.4) is 0 Å². The Labute approximate surface area is 97.1 Å². The van der Waals surface area contributed by atoms with Crippen LogP contribution in [0.5, 0.6) is 0 Å². The number of rotatable bonds is 5. The SMILES string of the molecule is CCN(CCc1cccs1)C1CCCC1. The van der Waals surface area contributed by atoms with Gasteiger partial charge in [0.2, 0.25) is 0 Å². The number of thiophene rings is 1. The molecule has 1 heterocycles. The molecule has 0 saturated heterocycles. The maximum Gasteiger partial charge on any atom is 0.00952 e. The quantitative estimate of drug-likeness (QED) is 0.738. The molecule has 84 valence electrons. The summed E-state index contributed by atoms with van der Waals surface area (Å²) >= 11 is 1.89. The normalized spacial score (nSPS) is 17.7. The van der Waals surface area contributed by atoms with E-state index in [1.165, 1.54) is 50.1 Å². The summed E-state index contributed by atoms with van der Waals surface area (Å²) in [4.78, 5) is 4.21. The van der Waals surface area contributed by atoms with Gasteiger partial charge in [-0.3, -0.25) is 0 Å². The van der Waals surface area contributed by atoms with Crippen LogP contribution in [0.25, 0.3) is 0 Å². The fourth-order valence-electron chi connectivity index (χ4n) is 2.58. The Morgan fingerprint density at radius 3 is 2.80 bits per heavy atom. The molecule has 0 atom stereocenters. The second-order valence-corrected chi connectivity index (χ2v) is 5.43. The van der Waals surface area contributed by atoms with Crippen molar-refractivity contribution in [3.8, 4) is 0 Å². The van der Waals surface area contributed by atoms with Crippen LogP contribution >= 0.6 is 11.3 Å². The van der Waals surface area contributed by atoms with Crippen molar-refractivity contribution in [2.45, 2.75) is 45.1 Å². The van der Waals surface area contributed by atoms with Crippen LogP contribution in [0.2, 0.25) is 0 Å². The third-order valence-corrected chi connectivity index (χ3v) is 4.41. The number of hydrogen-bond donors (Lipinski definition) is 0. The van der Waals surface area contributed by atoms with Gasteiger partial charge in [0.25, 0.3) is 0 Å². The van der Waals surface area contributed by atoms with Crippen molar-refractivity contribution in [1.82, 2.24) is 4.90 Å². The second-order valence-electron chi connectivity index (χ2n) is 4.40. The summed E-state index contributed by atoms with van der Waals surface area (Å²) in [6.45, 7) is 4.77. The molecule has 0 radical (unpaired) electrons. The van der Waals surface area contributed by atoms with Crippen LogP contribution in [0.4, 0.5) is 0 Å². The summed E-state index contributed by atoms with van der Waals surface area (Å²) in [6.07, 6.45) is 6.99. The van der Waals surface area contributed by atoms with Gasteiger partial charge in [0.15, 0.2) is 0 Å². The first-order valence-electron chi connectivity index (χ1n) is 6.16. The fourth-order valence-corrected chi connectivity index (χ4v) is 3.28. The molecule has 0 unspecified atom stereocenters. The summed E-state index contributed by atoms with van der Waals surface area (Å²) in [5.41, 5.74) is 0. The molecule has 0 aliphatic heterocycles. The highest BCUT2D eigenvalue weighted by Crippen LogP contribution is 2.23. The van der Waals surface area contributed by atoms with Gasteiger partial charge in [-0.25, -0.2) is 0 Å². The van der Waals surface area contributed by atoms with E-state index in [0.717, 1.165) is 6.04 Å². The van der Waals surface area contributed by atoms with Gasteiger partial charge in [-0.05, 0) is 37.3 Å². The Kier molecular flexibility index (Phi) is 4.21. The fraction of sp³-hybridized carbons (Fsp3) is 0.692. The van der Waals surface area contributed by atoms with E-state index in [-0.39, 0.29) is 0 Å². The van der Waals surface area contributed by atoms with Crippen LogP contribution in [0.1, 0.15) is 37.5 Å². The van der Waals surface area contributed by atoms with E-state index >= 15 is 0 Å². The van der Waals surface area contributed by atoms with Crippen molar-refractivity contribution >= 4 is 11.3 Å². The molecule has 1 fully saturated rings. The Balaban J connectivity index is 1.80. The molecule has 0 amide bonds. The standard InChI is InChI=1S/C13H21NS/c1-2-14(12-6-3-4-7-12)10-9-13-8-5-11-15-13/h5,8,11-12H,2-4,6-7,9-10H2,1H3. The minimum atomic E-state index is 0.884. The molecule has 0 spiro atoms. The molecule has 1 aliphatic carbocycles. The Bertz CT molecular complexity index is 262. The molecule has 0 bridgehead atoms. The van der Waals surface area contributed by atoms with Gasteiger partial charge in [0, 0.05) is 17.5 Å². The summed E-state index contributed by atoms with van der Waals surface area (Å²) in [7, 11) is 0. The molecule has 2 heteroatoms. The van der Waals surface area contributed by atoms with E-state index in [9.17, 15) is 0 Å². The lowest BCUT2D eigenvalue weighted by Crippen LogP contribution is -2.34. The van der Waals surface area contributed by atoms with E-state index in [4.69, 9.17) is 0 Å². The highest BCUT2D eigenvalue weighted by atomic mass is 32.1. The summed E-state index contributed by atoms with van der Waals surface area (Å²) in [5, 5.41) is 2.18. The molecule has 1 nitrogen and oxygen atoms in total. The molecule has 1 aromatic heterocycles. The smallest absolute Gasteiger partial charge is 0.00952 e. The van der Waals surface area contributed by atoms with Crippen LogP contribution in [0.15, 0.2) is 17.5 Å². The molecule has 1 saturated carbocycles. The molecule has 15 heavy (non-hydrogen) atoms. The molecular formula is C13H21NS. The van der Waals surface area contributed by atoms with Gasteiger partial charge >= 0.3 is 0 Å². The lowest BCUT2D eigenvalue weighted by atomic mass is 10.2. The third-order valence-electron chi connectivity index (χ3n) is 3.47. The van der Waals surface area contributed by atoms with Crippen molar-refractivity contribution in [3.05, 3.63) is 22.4 Å². The van der Waals surface area contributed by atoms with E-state index in [2.05, 4.69) is 29.3 Å². The van der Waals surface area contributed by atoms with Crippen LogP contribution in [-0.4, -0.2) is 24.0 Å². The van der Waals surface area contributed by atoms with E-state index in [1.54, 1.807) is 0 Å². The van der Waals surface area contributed by atoms with Crippen molar-refractivity contribution in [2.75, 3.05) is 13.1 Å². The number of nitrogens with zero attached hydrogens (tertiary/aromatic N) is 1. The molecule has 0 N–H and O–H groups in total. The van der Waals surface area contributed by atoms with Gasteiger partial charge in [0.05, 0.1) is 0 Å². The van der Waals surface area contributed by atoms with Crippen LogP contribution < -0.4 is 0 Å². The van der Waals surface area contributed by atoms with Crippen LogP contribution in [-0.2, 0) is 6.42 Å². The first-order chi connectivity index (χ1) is 7.40. The zero-order valence-electron chi connectivity index (χ0n) is 9.61. The van der Waals surface area contributed by atoms with Crippen molar-refractivity contribution in [2.24, 2.45) is 0 Å². The monoisotopic (exact) mass is 223 g/mol. The predicted molar refractivity (Wildman–Crippen MR) is 67.5 cm³/mol.